The van der Waals surface area contributed by atoms with E-state index >= 15 is 0 Å². The molecule has 0 bridgehead atoms. The molecule has 0 aliphatic carbocycles. The third kappa shape index (κ3) is 1.89. The minimum atomic E-state index is 0.625. The first kappa shape index (κ1) is 9.49. The zero-order valence-corrected chi connectivity index (χ0v) is 8.37. The molecule has 1 aliphatic rings. The first-order valence-corrected chi connectivity index (χ1v) is 5.15. The van der Waals surface area contributed by atoms with Crippen LogP contribution in [0.15, 0.2) is 24.3 Å². The highest BCUT2D eigenvalue weighted by atomic mass is 15.2. The molecule has 0 unspecified atom stereocenters. The summed E-state index contributed by atoms with van der Waals surface area (Å²) >= 11 is 0. The van der Waals surface area contributed by atoms with E-state index in [1.54, 1.807) is 0 Å². The third-order valence-electron chi connectivity index (χ3n) is 2.67. The van der Waals surface area contributed by atoms with Gasteiger partial charge in [0.2, 0.25) is 0 Å². The Morgan fingerprint density at radius 2 is 1.93 bits per heavy atom. The Labute approximate surface area is 84.9 Å². The second-order valence-corrected chi connectivity index (χ2v) is 3.57. The average Bonchev–Trinajstić information content (AvgIpc) is 2.30. The molecule has 0 saturated carbocycles. The van der Waals surface area contributed by atoms with Crippen LogP contribution in [-0.2, 0) is 6.54 Å². The van der Waals surface area contributed by atoms with Gasteiger partial charge >= 0.3 is 0 Å². The topological polar surface area (TPSA) is 41.3 Å². The fourth-order valence-corrected chi connectivity index (χ4v) is 1.90. The number of nitrogens with two attached hydrogens (primary N) is 1. The summed E-state index contributed by atoms with van der Waals surface area (Å²) in [5.74, 6) is 0. The van der Waals surface area contributed by atoms with Gasteiger partial charge in [0, 0.05) is 38.4 Å². The standard InChI is InChI=1S/C11H17N3/c12-9-10-3-1-2-4-11(10)14-7-5-13-6-8-14/h1-4,13H,5-9,12H2. The van der Waals surface area contributed by atoms with Gasteiger partial charge in [0.1, 0.15) is 0 Å². The van der Waals surface area contributed by atoms with Crippen LogP contribution in [0.1, 0.15) is 5.56 Å². The van der Waals surface area contributed by atoms with E-state index in [4.69, 9.17) is 5.73 Å². The normalized spacial score (nSPS) is 17.1. The summed E-state index contributed by atoms with van der Waals surface area (Å²) in [4.78, 5) is 2.40. The molecular weight excluding hydrogens is 174 g/mol. The monoisotopic (exact) mass is 191 g/mol. The SMILES string of the molecule is NCc1ccccc1N1CCNCC1. The molecule has 0 atom stereocenters. The van der Waals surface area contributed by atoms with Crippen molar-refractivity contribution < 1.29 is 0 Å². The molecule has 0 radical (unpaired) electrons. The molecule has 14 heavy (non-hydrogen) atoms. The third-order valence-corrected chi connectivity index (χ3v) is 2.67. The van der Waals surface area contributed by atoms with Gasteiger partial charge in [-0.3, -0.25) is 0 Å². The molecule has 0 aromatic heterocycles. The first-order valence-electron chi connectivity index (χ1n) is 5.15. The fourth-order valence-electron chi connectivity index (χ4n) is 1.90. The van der Waals surface area contributed by atoms with Gasteiger partial charge in [0.05, 0.1) is 0 Å². The van der Waals surface area contributed by atoms with Crippen LogP contribution in [-0.4, -0.2) is 26.2 Å². The maximum atomic E-state index is 5.72. The second kappa shape index (κ2) is 4.44. The van der Waals surface area contributed by atoms with Crippen LogP contribution in [0.5, 0.6) is 0 Å². The maximum absolute atomic E-state index is 5.72. The molecule has 3 nitrogen and oxygen atoms in total. The van der Waals surface area contributed by atoms with Gasteiger partial charge in [0.25, 0.3) is 0 Å². The number of nitrogens with one attached hydrogen (secondary N) is 1. The Hall–Kier alpha value is -1.06. The van der Waals surface area contributed by atoms with Crippen LogP contribution in [0, 0.1) is 0 Å². The van der Waals surface area contributed by atoms with Crippen LogP contribution in [0.3, 0.4) is 0 Å². The zero-order chi connectivity index (χ0) is 9.80. The zero-order valence-electron chi connectivity index (χ0n) is 8.37. The van der Waals surface area contributed by atoms with Gasteiger partial charge in [-0.05, 0) is 11.6 Å². The summed E-state index contributed by atoms with van der Waals surface area (Å²) in [7, 11) is 0. The van der Waals surface area contributed by atoms with Crippen molar-refractivity contribution in [3.63, 3.8) is 0 Å². The van der Waals surface area contributed by atoms with Gasteiger partial charge in [0.15, 0.2) is 0 Å². The average molecular weight is 191 g/mol. The van der Waals surface area contributed by atoms with E-state index in [-0.39, 0.29) is 0 Å². The molecule has 76 valence electrons. The van der Waals surface area contributed by atoms with E-state index in [2.05, 4.69) is 28.4 Å². The number of para-hydroxylation sites is 1. The Bertz CT molecular complexity index is 292. The maximum Gasteiger partial charge on any atom is 0.0412 e. The minimum absolute atomic E-state index is 0.625. The number of hydrogen-bond acceptors (Lipinski definition) is 3. The van der Waals surface area contributed by atoms with E-state index in [0.717, 1.165) is 26.2 Å². The lowest BCUT2D eigenvalue weighted by Crippen LogP contribution is -2.43. The number of piperazine rings is 1. The molecule has 1 fully saturated rings. The van der Waals surface area contributed by atoms with Crippen LogP contribution in [0.4, 0.5) is 5.69 Å². The summed E-state index contributed by atoms with van der Waals surface area (Å²) < 4.78 is 0. The molecule has 0 amide bonds. The summed E-state index contributed by atoms with van der Waals surface area (Å²) in [6, 6.07) is 8.40. The number of anilines is 1. The van der Waals surface area contributed by atoms with Gasteiger partial charge in [-0.2, -0.15) is 0 Å². The van der Waals surface area contributed by atoms with Gasteiger partial charge < -0.3 is 16.0 Å². The lowest BCUT2D eigenvalue weighted by molar-refractivity contribution is 0.588. The van der Waals surface area contributed by atoms with E-state index in [0.29, 0.717) is 6.54 Å². The Balaban J connectivity index is 2.20. The smallest absolute Gasteiger partial charge is 0.0412 e. The molecule has 1 heterocycles. The Morgan fingerprint density at radius 1 is 1.21 bits per heavy atom. The molecule has 1 saturated heterocycles. The van der Waals surface area contributed by atoms with Crippen molar-refractivity contribution in [3.8, 4) is 0 Å². The van der Waals surface area contributed by atoms with Gasteiger partial charge in [-0.25, -0.2) is 0 Å². The Kier molecular flexibility index (Phi) is 3.01. The van der Waals surface area contributed by atoms with Crippen LogP contribution >= 0.6 is 0 Å². The molecule has 3 heteroatoms. The van der Waals surface area contributed by atoms with Crippen LogP contribution in [0.2, 0.25) is 0 Å². The summed E-state index contributed by atoms with van der Waals surface area (Å²) in [5.41, 5.74) is 8.26. The summed E-state index contributed by atoms with van der Waals surface area (Å²) in [6.45, 7) is 4.92. The number of hydrogen-bond donors (Lipinski definition) is 2. The first-order chi connectivity index (χ1) is 6.92. The predicted octanol–water partition coefficient (Wildman–Crippen LogP) is 0.555. The molecule has 3 N–H and O–H groups in total. The highest BCUT2D eigenvalue weighted by Gasteiger charge is 2.12. The Morgan fingerprint density at radius 3 is 2.64 bits per heavy atom. The van der Waals surface area contributed by atoms with Crippen LogP contribution < -0.4 is 16.0 Å². The van der Waals surface area contributed by atoms with Crippen molar-refractivity contribution in [2.45, 2.75) is 6.54 Å². The van der Waals surface area contributed by atoms with Crippen molar-refractivity contribution in [1.29, 1.82) is 0 Å². The van der Waals surface area contributed by atoms with Crippen molar-refractivity contribution in [3.05, 3.63) is 29.8 Å². The van der Waals surface area contributed by atoms with Crippen LogP contribution in [0.25, 0.3) is 0 Å². The van der Waals surface area contributed by atoms with E-state index in [1.807, 2.05) is 6.07 Å². The number of rotatable bonds is 2. The number of benzene rings is 1. The highest BCUT2D eigenvalue weighted by Crippen LogP contribution is 2.19. The fraction of sp³-hybridized carbons (Fsp3) is 0.455. The molecule has 1 aliphatic heterocycles. The minimum Gasteiger partial charge on any atom is -0.369 e. The van der Waals surface area contributed by atoms with Crippen molar-refractivity contribution in [2.24, 2.45) is 5.73 Å². The largest absolute Gasteiger partial charge is 0.369 e. The van der Waals surface area contributed by atoms with Gasteiger partial charge in [-0.15, -0.1) is 0 Å². The molecule has 2 rings (SSSR count). The van der Waals surface area contributed by atoms with Crippen molar-refractivity contribution in [1.82, 2.24) is 5.32 Å². The second-order valence-electron chi connectivity index (χ2n) is 3.57. The number of nitrogens with zero attached hydrogens (tertiary/aromatic N) is 1. The van der Waals surface area contributed by atoms with E-state index < -0.39 is 0 Å². The predicted molar refractivity (Wildman–Crippen MR) is 59.4 cm³/mol. The van der Waals surface area contributed by atoms with Crippen molar-refractivity contribution >= 4 is 5.69 Å². The van der Waals surface area contributed by atoms with Crippen molar-refractivity contribution in [2.75, 3.05) is 31.1 Å². The van der Waals surface area contributed by atoms with Gasteiger partial charge in [-0.1, -0.05) is 18.2 Å². The highest BCUT2D eigenvalue weighted by molar-refractivity contribution is 5.53. The molecule has 1 aromatic rings. The summed E-state index contributed by atoms with van der Waals surface area (Å²) in [5, 5.41) is 3.35. The van der Waals surface area contributed by atoms with E-state index in [9.17, 15) is 0 Å². The van der Waals surface area contributed by atoms with E-state index in [1.165, 1.54) is 11.3 Å². The molecule has 1 aromatic carbocycles. The lowest BCUT2D eigenvalue weighted by atomic mass is 10.1. The lowest BCUT2D eigenvalue weighted by Gasteiger charge is -2.30. The summed E-state index contributed by atoms with van der Waals surface area (Å²) in [6.07, 6.45) is 0. The molecular formula is C11H17N3. The molecule has 0 spiro atoms. The quantitative estimate of drug-likeness (QED) is 0.717.